The van der Waals surface area contributed by atoms with E-state index in [1.807, 2.05) is 19.0 Å². The fraction of sp³-hybridized carbons (Fsp3) is 0.391. The lowest BCUT2D eigenvalue weighted by molar-refractivity contribution is 0.0671. The number of hydrogen-bond donors (Lipinski definition) is 0. The number of oxazole rings is 1. The highest BCUT2D eigenvalue weighted by molar-refractivity contribution is 5.92. The van der Waals surface area contributed by atoms with Crippen molar-refractivity contribution in [3.05, 3.63) is 59.3 Å². The van der Waals surface area contributed by atoms with Crippen molar-refractivity contribution < 1.29 is 13.6 Å². The van der Waals surface area contributed by atoms with E-state index in [2.05, 4.69) is 9.97 Å². The van der Waals surface area contributed by atoms with E-state index in [9.17, 15) is 9.18 Å². The molecule has 31 heavy (non-hydrogen) atoms. The molecule has 8 heteroatoms. The van der Waals surface area contributed by atoms with Gasteiger partial charge in [0.25, 0.3) is 5.91 Å². The van der Waals surface area contributed by atoms with Crippen molar-refractivity contribution in [2.45, 2.75) is 32.6 Å². The molecule has 4 rings (SSSR count). The van der Waals surface area contributed by atoms with Crippen molar-refractivity contribution in [1.29, 1.82) is 0 Å². The van der Waals surface area contributed by atoms with Crippen LogP contribution in [0.3, 0.4) is 0 Å². The molecule has 0 N–H and O–H groups in total. The molecule has 1 aliphatic heterocycles. The van der Waals surface area contributed by atoms with E-state index in [1.165, 1.54) is 6.07 Å². The average molecular weight is 423 g/mol. The number of rotatable bonds is 4. The Morgan fingerprint density at radius 1 is 1.19 bits per heavy atom. The van der Waals surface area contributed by atoms with Gasteiger partial charge in [-0.15, -0.1) is 0 Å². The number of piperidine rings is 1. The van der Waals surface area contributed by atoms with Crippen molar-refractivity contribution in [3.63, 3.8) is 0 Å². The van der Waals surface area contributed by atoms with Crippen molar-refractivity contribution in [3.8, 4) is 11.1 Å². The third kappa shape index (κ3) is 4.15. The maximum Gasteiger partial charge on any atom is 0.291 e. The fourth-order valence-electron chi connectivity index (χ4n) is 4.06. The minimum absolute atomic E-state index is 0.0432. The summed E-state index contributed by atoms with van der Waals surface area (Å²) in [4.78, 5) is 30.1. The van der Waals surface area contributed by atoms with Crippen molar-refractivity contribution in [2.75, 3.05) is 32.1 Å². The predicted octanol–water partition coefficient (Wildman–Crippen LogP) is 3.97. The number of benzene rings is 1. The van der Waals surface area contributed by atoms with Crippen molar-refractivity contribution in [2.24, 2.45) is 0 Å². The monoisotopic (exact) mass is 423 g/mol. The molecule has 0 aliphatic carbocycles. The van der Waals surface area contributed by atoms with E-state index < -0.39 is 0 Å². The zero-order valence-electron chi connectivity index (χ0n) is 18.2. The van der Waals surface area contributed by atoms with Gasteiger partial charge in [-0.25, -0.2) is 19.3 Å². The smallest absolute Gasteiger partial charge is 0.291 e. The van der Waals surface area contributed by atoms with Crippen LogP contribution in [-0.4, -0.2) is 52.9 Å². The standard InChI is InChI=1S/C23H26FN5O2/c1-14-21(31-15(2)26-14)22(30)29-11-7-8-16(13-29)20-18(12-25-23(27-20)28(3)4)17-9-5-6-10-19(17)24/h5-6,9-10,12,16H,7-8,11,13H2,1-4H3. The molecule has 162 valence electrons. The van der Waals surface area contributed by atoms with E-state index in [4.69, 9.17) is 9.40 Å². The number of nitrogens with zero attached hydrogens (tertiary/aromatic N) is 5. The molecular weight excluding hydrogens is 397 g/mol. The first kappa shape index (κ1) is 21.0. The second kappa shape index (κ2) is 8.45. The highest BCUT2D eigenvalue weighted by Gasteiger charge is 2.31. The van der Waals surface area contributed by atoms with Gasteiger partial charge in [0, 0.05) is 57.4 Å². The van der Waals surface area contributed by atoms with E-state index in [0.717, 1.165) is 18.5 Å². The summed E-state index contributed by atoms with van der Waals surface area (Å²) in [5, 5.41) is 0. The predicted molar refractivity (Wildman–Crippen MR) is 116 cm³/mol. The van der Waals surface area contributed by atoms with Gasteiger partial charge in [0.2, 0.25) is 11.7 Å². The number of amides is 1. The topological polar surface area (TPSA) is 75.4 Å². The molecule has 0 saturated carbocycles. The SMILES string of the molecule is Cc1nc(C)c(C(=O)N2CCCC(c3nc(N(C)C)ncc3-c3ccccc3F)C2)o1. The fourth-order valence-corrected chi connectivity index (χ4v) is 4.06. The van der Waals surface area contributed by atoms with E-state index in [-0.39, 0.29) is 23.4 Å². The first-order chi connectivity index (χ1) is 14.8. The van der Waals surface area contributed by atoms with Gasteiger partial charge in [-0.2, -0.15) is 0 Å². The van der Waals surface area contributed by atoms with Gasteiger partial charge in [-0.3, -0.25) is 4.79 Å². The lowest BCUT2D eigenvalue weighted by atomic mass is 9.89. The van der Waals surface area contributed by atoms with Gasteiger partial charge in [0.1, 0.15) is 5.82 Å². The Balaban J connectivity index is 1.70. The molecular formula is C23H26FN5O2. The largest absolute Gasteiger partial charge is 0.436 e. The van der Waals surface area contributed by atoms with Crippen LogP contribution >= 0.6 is 0 Å². The molecule has 1 saturated heterocycles. The van der Waals surface area contributed by atoms with Gasteiger partial charge >= 0.3 is 0 Å². The van der Waals surface area contributed by atoms with E-state index in [0.29, 0.717) is 41.7 Å². The van der Waals surface area contributed by atoms with Gasteiger partial charge in [-0.05, 0) is 25.8 Å². The molecule has 1 amide bonds. The van der Waals surface area contributed by atoms with E-state index in [1.54, 1.807) is 43.1 Å². The summed E-state index contributed by atoms with van der Waals surface area (Å²) >= 11 is 0. The first-order valence-corrected chi connectivity index (χ1v) is 10.4. The maximum absolute atomic E-state index is 14.6. The molecule has 2 aromatic heterocycles. The summed E-state index contributed by atoms with van der Waals surface area (Å²) in [6, 6.07) is 6.63. The zero-order chi connectivity index (χ0) is 22.1. The van der Waals surface area contributed by atoms with Crippen LogP contribution in [0.1, 0.15) is 46.6 Å². The minimum atomic E-state index is -0.318. The number of aromatic nitrogens is 3. The van der Waals surface area contributed by atoms with Gasteiger partial charge in [-0.1, -0.05) is 18.2 Å². The number of carbonyl (C=O) groups is 1. The summed E-state index contributed by atoms with van der Waals surface area (Å²) in [5.74, 6) is 0.781. The first-order valence-electron chi connectivity index (χ1n) is 10.4. The molecule has 1 aromatic carbocycles. The van der Waals surface area contributed by atoms with Gasteiger partial charge in [0.05, 0.1) is 11.4 Å². The Kier molecular flexibility index (Phi) is 5.71. The Morgan fingerprint density at radius 2 is 1.97 bits per heavy atom. The molecule has 3 aromatic rings. The number of likely N-dealkylation sites (tertiary alicyclic amines) is 1. The molecule has 1 fully saturated rings. The van der Waals surface area contributed by atoms with Crippen LogP contribution in [0.15, 0.2) is 34.9 Å². The third-order valence-corrected chi connectivity index (χ3v) is 5.56. The number of hydrogen-bond acceptors (Lipinski definition) is 6. The Bertz CT molecular complexity index is 1110. The lowest BCUT2D eigenvalue weighted by Crippen LogP contribution is -2.39. The molecule has 1 unspecified atom stereocenters. The normalized spacial score (nSPS) is 16.4. The average Bonchev–Trinajstić information content (AvgIpc) is 3.11. The Labute approximate surface area is 180 Å². The second-order valence-electron chi connectivity index (χ2n) is 8.08. The summed E-state index contributed by atoms with van der Waals surface area (Å²) < 4.78 is 20.2. The van der Waals surface area contributed by atoms with Crippen LogP contribution < -0.4 is 4.90 Å². The lowest BCUT2D eigenvalue weighted by Gasteiger charge is -2.33. The number of aryl methyl sites for hydroxylation is 2. The van der Waals surface area contributed by atoms with Crippen LogP contribution in [0.2, 0.25) is 0 Å². The van der Waals surface area contributed by atoms with Crippen molar-refractivity contribution >= 4 is 11.9 Å². The minimum Gasteiger partial charge on any atom is -0.436 e. The molecule has 0 radical (unpaired) electrons. The summed E-state index contributed by atoms with van der Waals surface area (Å²) in [5.41, 5.74) is 2.48. The molecule has 7 nitrogen and oxygen atoms in total. The van der Waals surface area contributed by atoms with Gasteiger partial charge < -0.3 is 14.2 Å². The number of halogens is 1. The van der Waals surface area contributed by atoms with Crippen LogP contribution in [0.25, 0.3) is 11.1 Å². The van der Waals surface area contributed by atoms with Crippen molar-refractivity contribution in [1.82, 2.24) is 19.9 Å². The molecule has 0 bridgehead atoms. The highest BCUT2D eigenvalue weighted by Crippen LogP contribution is 2.35. The number of anilines is 1. The molecule has 3 heterocycles. The summed E-state index contributed by atoms with van der Waals surface area (Å²) in [6.45, 7) is 4.61. The van der Waals surface area contributed by atoms with Crippen LogP contribution in [0.5, 0.6) is 0 Å². The number of carbonyl (C=O) groups excluding carboxylic acids is 1. The maximum atomic E-state index is 14.6. The Morgan fingerprint density at radius 3 is 2.65 bits per heavy atom. The van der Waals surface area contributed by atoms with Crippen LogP contribution in [0, 0.1) is 19.7 Å². The van der Waals surface area contributed by atoms with Crippen LogP contribution in [-0.2, 0) is 0 Å². The van der Waals surface area contributed by atoms with E-state index >= 15 is 0 Å². The Hall–Kier alpha value is -3.29. The quantitative estimate of drug-likeness (QED) is 0.632. The summed E-state index contributed by atoms with van der Waals surface area (Å²) in [7, 11) is 3.74. The third-order valence-electron chi connectivity index (χ3n) is 5.56. The molecule has 1 atom stereocenters. The van der Waals surface area contributed by atoms with Crippen LogP contribution in [0.4, 0.5) is 10.3 Å². The molecule has 0 spiro atoms. The molecule has 1 aliphatic rings. The highest BCUT2D eigenvalue weighted by atomic mass is 19.1. The van der Waals surface area contributed by atoms with Gasteiger partial charge in [0.15, 0.2) is 5.89 Å². The summed E-state index contributed by atoms with van der Waals surface area (Å²) in [6.07, 6.45) is 3.35. The zero-order valence-corrected chi connectivity index (χ0v) is 18.2. The second-order valence-corrected chi connectivity index (χ2v) is 8.08.